The lowest BCUT2D eigenvalue weighted by Crippen LogP contribution is -2.18. The van der Waals surface area contributed by atoms with Crippen LogP contribution in [-0.4, -0.2) is 0 Å². The van der Waals surface area contributed by atoms with E-state index in [1.165, 1.54) is 0 Å². The van der Waals surface area contributed by atoms with E-state index in [-0.39, 0.29) is 0 Å². The molecular weight excluding hydrogens is 138 g/mol. The van der Waals surface area contributed by atoms with Gasteiger partial charge in [-0.3, -0.25) is 4.99 Å². The second-order valence-corrected chi connectivity index (χ2v) is 2.19. The molecule has 2 rings (SSSR count). The molecule has 2 heterocycles. The molecule has 0 bridgehead atoms. The predicted molar refractivity (Wildman–Crippen MR) is 42.2 cm³/mol. The van der Waals surface area contributed by atoms with Gasteiger partial charge in [0.25, 0.3) is 0 Å². The molecular formula is C9H7NO. The van der Waals surface area contributed by atoms with E-state index in [0.29, 0.717) is 0 Å². The van der Waals surface area contributed by atoms with Gasteiger partial charge in [0.05, 0.1) is 6.26 Å². The number of allylic oxidation sites excluding steroid dienone is 3. The highest BCUT2D eigenvalue weighted by atomic mass is 16.3. The Hall–Kier alpha value is -1.57. The third kappa shape index (κ3) is 1.15. The Morgan fingerprint density at radius 2 is 2.18 bits per heavy atom. The number of furan rings is 1. The normalized spacial score (nSPS) is 26.2. The molecule has 0 amide bonds. The van der Waals surface area contributed by atoms with Gasteiger partial charge < -0.3 is 4.42 Å². The first kappa shape index (κ1) is 6.16. The van der Waals surface area contributed by atoms with Crippen LogP contribution in [0, 0.1) is 0 Å². The Labute approximate surface area is 63.9 Å². The van der Waals surface area contributed by atoms with Crippen molar-refractivity contribution in [2.24, 2.45) is 4.99 Å². The Morgan fingerprint density at radius 1 is 1.18 bits per heavy atom. The third-order valence-electron chi connectivity index (χ3n) is 1.44. The van der Waals surface area contributed by atoms with Crippen LogP contribution in [0.2, 0.25) is 0 Å². The predicted octanol–water partition coefficient (Wildman–Crippen LogP) is 0.763. The summed E-state index contributed by atoms with van der Waals surface area (Å²) in [6.07, 6.45) is 11.0. The van der Waals surface area contributed by atoms with E-state index >= 15 is 0 Å². The molecule has 0 fully saturated rings. The van der Waals surface area contributed by atoms with E-state index in [9.17, 15) is 0 Å². The van der Waals surface area contributed by atoms with Crippen LogP contribution < -0.4 is 10.8 Å². The average molecular weight is 145 g/mol. The minimum atomic E-state index is 0.811. The quantitative estimate of drug-likeness (QED) is 0.529. The molecule has 11 heavy (non-hydrogen) atoms. The smallest absolute Gasteiger partial charge is 0.152 e. The Kier molecular flexibility index (Phi) is 1.44. The molecule has 1 aliphatic rings. The van der Waals surface area contributed by atoms with Gasteiger partial charge in [0.2, 0.25) is 0 Å². The van der Waals surface area contributed by atoms with Gasteiger partial charge in [-0.05, 0) is 12.2 Å². The van der Waals surface area contributed by atoms with Crippen LogP contribution in [0.1, 0.15) is 0 Å². The highest BCUT2D eigenvalue weighted by Crippen LogP contribution is 1.82. The van der Waals surface area contributed by atoms with Crippen molar-refractivity contribution in [3.05, 3.63) is 47.5 Å². The van der Waals surface area contributed by atoms with E-state index in [4.69, 9.17) is 4.42 Å². The lowest BCUT2D eigenvalue weighted by molar-refractivity contribution is 0.529. The highest BCUT2D eigenvalue weighted by Gasteiger charge is 1.87. The van der Waals surface area contributed by atoms with Crippen LogP contribution in [0.15, 0.2) is 46.2 Å². The van der Waals surface area contributed by atoms with Crippen LogP contribution in [0.3, 0.4) is 0 Å². The van der Waals surface area contributed by atoms with Crippen molar-refractivity contribution in [2.75, 3.05) is 0 Å². The van der Waals surface area contributed by atoms with Gasteiger partial charge in [-0.1, -0.05) is 12.2 Å². The van der Waals surface area contributed by atoms with E-state index in [0.717, 1.165) is 10.8 Å². The maximum absolute atomic E-state index is 5.16. The summed E-state index contributed by atoms with van der Waals surface area (Å²) >= 11 is 0. The zero-order chi connectivity index (χ0) is 7.52. The van der Waals surface area contributed by atoms with Crippen molar-refractivity contribution in [1.82, 2.24) is 0 Å². The van der Waals surface area contributed by atoms with Crippen LogP contribution in [-0.2, 0) is 0 Å². The second kappa shape index (κ2) is 2.58. The van der Waals surface area contributed by atoms with Crippen LogP contribution in [0.4, 0.5) is 0 Å². The summed E-state index contributed by atoms with van der Waals surface area (Å²) in [5.74, 6) is 0. The monoisotopic (exact) mass is 145 g/mol. The fourth-order valence-corrected chi connectivity index (χ4v) is 0.926. The number of hydrogen-bond donors (Lipinski definition) is 0. The number of nitrogens with zero attached hydrogens (tertiary/aromatic N) is 1. The largest absolute Gasteiger partial charge is 0.463 e. The summed E-state index contributed by atoms with van der Waals surface area (Å²) in [5.41, 5.74) is 0.811. The van der Waals surface area contributed by atoms with E-state index in [1.807, 2.05) is 30.4 Å². The van der Waals surface area contributed by atoms with Gasteiger partial charge in [-0.2, -0.15) is 0 Å². The Morgan fingerprint density at radius 3 is 3.18 bits per heavy atom. The summed E-state index contributed by atoms with van der Waals surface area (Å²) in [5, 5.41) is 0.880. The van der Waals surface area contributed by atoms with Gasteiger partial charge in [-0.25, -0.2) is 0 Å². The van der Waals surface area contributed by atoms with Crippen molar-refractivity contribution in [3.8, 4) is 0 Å². The standard InChI is InChI=1S/C9H7NO/c1-2-4-9-8(5-7-11-9)10-6-3-1/h1-7H/b2-1-,3-1?,4-2?,6-3-,9-4+,10-6?,10-8-. The lowest BCUT2D eigenvalue weighted by Gasteiger charge is -1.80. The first-order chi connectivity index (χ1) is 5.47. The average Bonchev–Trinajstić information content (AvgIpc) is 2.35. The van der Waals surface area contributed by atoms with E-state index in [2.05, 4.69) is 4.99 Å². The zero-order valence-electron chi connectivity index (χ0n) is 5.90. The summed E-state index contributed by atoms with van der Waals surface area (Å²) < 4.78 is 5.16. The minimum absolute atomic E-state index is 0.811. The molecule has 0 unspecified atom stereocenters. The van der Waals surface area contributed by atoms with Crippen LogP contribution in [0.25, 0.3) is 6.08 Å². The molecule has 1 aliphatic heterocycles. The molecule has 1 aromatic heterocycles. The van der Waals surface area contributed by atoms with Gasteiger partial charge in [0.15, 0.2) is 5.42 Å². The molecule has 54 valence electrons. The number of hydrogen-bond acceptors (Lipinski definition) is 2. The third-order valence-corrected chi connectivity index (χ3v) is 1.44. The Bertz CT molecular complexity index is 371. The van der Waals surface area contributed by atoms with Gasteiger partial charge in [-0.15, -0.1) is 0 Å². The van der Waals surface area contributed by atoms with Crippen LogP contribution >= 0.6 is 0 Å². The fourth-order valence-electron chi connectivity index (χ4n) is 0.926. The summed E-state index contributed by atoms with van der Waals surface area (Å²) in [6.45, 7) is 0. The summed E-state index contributed by atoms with van der Waals surface area (Å²) in [7, 11) is 0. The fraction of sp³-hybridized carbons (Fsp3) is 0. The molecule has 0 atom stereocenters. The van der Waals surface area contributed by atoms with Gasteiger partial charge in [0.1, 0.15) is 5.36 Å². The van der Waals surface area contributed by atoms with Crippen molar-refractivity contribution in [2.45, 2.75) is 0 Å². The first-order valence-corrected chi connectivity index (χ1v) is 3.42. The van der Waals surface area contributed by atoms with Crippen molar-refractivity contribution >= 4 is 6.08 Å². The summed E-state index contributed by atoms with van der Waals surface area (Å²) in [4.78, 5) is 4.15. The molecule has 0 N–H and O–H groups in total. The van der Waals surface area contributed by atoms with Crippen molar-refractivity contribution < 1.29 is 4.42 Å². The molecule has 0 aromatic carbocycles. The number of rotatable bonds is 0. The van der Waals surface area contributed by atoms with Gasteiger partial charge in [0, 0.05) is 12.3 Å². The SMILES string of the molecule is C1=C\C=c2\occ\c2=N\C=C/1. The maximum atomic E-state index is 5.16. The Balaban J connectivity index is 2.80. The molecule has 2 nitrogen and oxygen atoms in total. The topological polar surface area (TPSA) is 25.5 Å². The molecule has 0 spiro atoms. The van der Waals surface area contributed by atoms with E-state index in [1.54, 1.807) is 12.5 Å². The maximum Gasteiger partial charge on any atom is 0.152 e. The first-order valence-electron chi connectivity index (χ1n) is 3.42. The zero-order valence-corrected chi connectivity index (χ0v) is 5.90. The molecule has 0 saturated heterocycles. The van der Waals surface area contributed by atoms with E-state index < -0.39 is 0 Å². The van der Waals surface area contributed by atoms with Crippen molar-refractivity contribution in [1.29, 1.82) is 0 Å². The highest BCUT2D eigenvalue weighted by molar-refractivity contribution is 5.35. The summed E-state index contributed by atoms with van der Waals surface area (Å²) in [6, 6.07) is 1.84. The second-order valence-electron chi connectivity index (χ2n) is 2.19. The van der Waals surface area contributed by atoms with Crippen molar-refractivity contribution in [3.63, 3.8) is 0 Å². The molecule has 0 aliphatic carbocycles. The molecule has 0 saturated carbocycles. The van der Waals surface area contributed by atoms with Gasteiger partial charge >= 0.3 is 0 Å². The minimum Gasteiger partial charge on any atom is -0.463 e. The molecule has 2 heteroatoms. The molecule has 0 radical (unpaired) electrons. The number of fused-ring (bicyclic) bond motifs is 1. The van der Waals surface area contributed by atoms with Crippen LogP contribution in [0.5, 0.6) is 0 Å². The lowest BCUT2D eigenvalue weighted by atomic mass is 10.4. The molecule has 1 aromatic rings.